The second-order valence-corrected chi connectivity index (χ2v) is 8.13. The summed E-state index contributed by atoms with van der Waals surface area (Å²) in [5.41, 5.74) is 2.61. The molecule has 0 N–H and O–H groups in total. The molecule has 3 aromatic heterocycles. The van der Waals surface area contributed by atoms with E-state index >= 15 is 0 Å². The summed E-state index contributed by atoms with van der Waals surface area (Å²) in [6.45, 7) is 2.21. The highest BCUT2D eigenvalue weighted by atomic mass is 16.5. The number of aryl methyl sites for hydroxylation is 3. The van der Waals surface area contributed by atoms with Crippen LogP contribution in [0, 0.1) is 6.92 Å². The maximum Gasteiger partial charge on any atom is 0.332 e. The molecule has 0 fully saturated rings. The molecule has 2 aromatic carbocycles. The van der Waals surface area contributed by atoms with Crippen molar-refractivity contribution in [1.29, 1.82) is 0 Å². The van der Waals surface area contributed by atoms with Crippen molar-refractivity contribution in [2.45, 2.75) is 19.9 Å². The molecule has 5 aromatic rings. The summed E-state index contributed by atoms with van der Waals surface area (Å²) in [5, 5.41) is 0. The lowest BCUT2D eigenvalue weighted by Gasteiger charge is -2.12. The number of nitrogens with zero attached hydrogens (tertiary/aromatic N) is 5. The minimum atomic E-state index is -0.389. The van der Waals surface area contributed by atoms with E-state index in [-0.39, 0.29) is 17.8 Å². The third kappa shape index (κ3) is 3.28. The van der Waals surface area contributed by atoms with E-state index in [1.54, 1.807) is 31.7 Å². The van der Waals surface area contributed by atoms with Gasteiger partial charge < -0.3 is 9.47 Å². The Kier molecular flexibility index (Phi) is 5.24. The zero-order valence-corrected chi connectivity index (χ0v) is 19.5. The van der Waals surface area contributed by atoms with Crippen LogP contribution in [0.3, 0.4) is 0 Å². The quantitative estimate of drug-likeness (QED) is 0.390. The first-order valence-corrected chi connectivity index (χ1v) is 10.9. The largest absolute Gasteiger partial charge is 0.497 e. The SMILES string of the molecule is COc1ccc(-n2c(C)cn3c4c(=O)n(CCc5ccccc5)c(=O)n(C)c4nc23)c(OC)c1. The Morgan fingerprint density at radius 2 is 1.76 bits per heavy atom. The lowest BCUT2D eigenvalue weighted by Crippen LogP contribution is -2.39. The van der Waals surface area contributed by atoms with Gasteiger partial charge >= 0.3 is 5.69 Å². The first kappa shape index (κ1) is 21.6. The van der Waals surface area contributed by atoms with Crippen molar-refractivity contribution in [1.82, 2.24) is 23.1 Å². The van der Waals surface area contributed by atoms with Crippen LogP contribution in [0.4, 0.5) is 0 Å². The van der Waals surface area contributed by atoms with E-state index in [1.165, 1.54) is 9.13 Å². The van der Waals surface area contributed by atoms with Gasteiger partial charge in [0.25, 0.3) is 5.56 Å². The molecule has 0 saturated carbocycles. The molecule has 0 radical (unpaired) electrons. The average molecular weight is 460 g/mol. The van der Waals surface area contributed by atoms with Gasteiger partial charge in [-0.3, -0.25) is 22.9 Å². The highest BCUT2D eigenvalue weighted by molar-refractivity contribution is 5.77. The molecule has 0 bridgehead atoms. The van der Waals surface area contributed by atoms with Crippen molar-refractivity contribution in [2.75, 3.05) is 14.2 Å². The van der Waals surface area contributed by atoms with E-state index in [4.69, 9.17) is 14.5 Å². The van der Waals surface area contributed by atoms with Gasteiger partial charge in [0, 0.05) is 31.5 Å². The summed E-state index contributed by atoms with van der Waals surface area (Å²) in [7, 11) is 4.82. The molecule has 0 aliphatic carbocycles. The zero-order chi connectivity index (χ0) is 24.0. The number of ether oxygens (including phenoxy) is 2. The number of imidazole rings is 2. The summed E-state index contributed by atoms with van der Waals surface area (Å²) in [6.07, 6.45) is 2.42. The number of methoxy groups -OCH3 is 2. The lowest BCUT2D eigenvalue weighted by atomic mass is 10.1. The molecule has 34 heavy (non-hydrogen) atoms. The Labute approximate surface area is 195 Å². The molecule has 9 nitrogen and oxygen atoms in total. The van der Waals surface area contributed by atoms with E-state index in [2.05, 4.69) is 0 Å². The van der Waals surface area contributed by atoms with E-state index in [1.807, 2.05) is 60.2 Å². The number of benzene rings is 2. The maximum atomic E-state index is 13.5. The summed E-state index contributed by atoms with van der Waals surface area (Å²) < 4.78 is 17.3. The van der Waals surface area contributed by atoms with Crippen molar-refractivity contribution >= 4 is 16.9 Å². The Balaban J connectivity index is 1.72. The first-order chi connectivity index (χ1) is 16.4. The number of fused-ring (bicyclic) bond motifs is 3. The van der Waals surface area contributed by atoms with Gasteiger partial charge in [0.2, 0.25) is 5.78 Å². The second kappa shape index (κ2) is 8.26. The maximum absolute atomic E-state index is 13.5. The molecule has 0 amide bonds. The van der Waals surface area contributed by atoms with Gasteiger partial charge in [-0.05, 0) is 31.0 Å². The molecule has 0 saturated heterocycles. The van der Waals surface area contributed by atoms with Crippen LogP contribution in [-0.2, 0) is 20.0 Å². The molecule has 3 heterocycles. The fourth-order valence-electron chi connectivity index (χ4n) is 4.36. The van der Waals surface area contributed by atoms with Crippen LogP contribution in [0.1, 0.15) is 11.3 Å². The zero-order valence-electron chi connectivity index (χ0n) is 19.5. The van der Waals surface area contributed by atoms with E-state index in [9.17, 15) is 9.59 Å². The predicted molar refractivity (Wildman–Crippen MR) is 130 cm³/mol. The van der Waals surface area contributed by atoms with Crippen molar-refractivity contribution in [3.63, 3.8) is 0 Å². The molecular weight excluding hydrogens is 434 g/mol. The molecule has 0 aliphatic rings. The predicted octanol–water partition coefficient (Wildman–Crippen LogP) is 2.71. The van der Waals surface area contributed by atoms with Crippen molar-refractivity contribution in [3.05, 3.63) is 86.8 Å². The van der Waals surface area contributed by atoms with Crippen LogP contribution < -0.4 is 20.7 Å². The van der Waals surface area contributed by atoms with Crippen LogP contribution in [0.25, 0.3) is 22.6 Å². The van der Waals surface area contributed by atoms with Crippen LogP contribution in [0.15, 0.2) is 64.3 Å². The van der Waals surface area contributed by atoms with Gasteiger partial charge in [0.05, 0.1) is 19.9 Å². The molecule has 0 spiro atoms. The monoisotopic (exact) mass is 459 g/mol. The van der Waals surface area contributed by atoms with E-state index in [0.29, 0.717) is 34.9 Å². The molecule has 9 heteroatoms. The third-order valence-corrected chi connectivity index (χ3v) is 6.12. The third-order valence-electron chi connectivity index (χ3n) is 6.12. The van der Waals surface area contributed by atoms with Gasteiger partial charge in [-0.1, -0.05) is 30.3 Å². The fourth-order valence-corrected chi connectivity index (χ4v) is 4.36. The van der Waals surface area contributed by atoms with Gasteiger partial charge in [-0.15, -0.1) is 0 Å². The minimum Gasteiger partial charge on any atom is -0.497 e. The van der Waals surface area contributed by atoms with Gasteiger partial charge in [-0.25, -0.2) is 4.79 Å². The van der Waals surface area contributed by atoms with Crippen LogP contribution in [0.5, 0.6) is 11.5 Å². The van der Waals surface area contributed by atoms with Crippen molar-refractivity contribution < 1.29 is 9.47 Å². The second-order valence-electron chi connectivity index (χ2n) is 8.13. The Morgan fingerprint density at radius 3 is 2.47 bits per heavy atom. The number of aromatic nitrogens is 5. The highest BCUT2D eigenvalue weighted by Crippen LogP contribution is 2.31. The Hall–Kier alpha value is -4.27. The molecule has 174 valence electrons. The molecule has 0 aliphatic heterocycles. The number of hydrogen-bond acceptors (Lipinski definition) is 5. The van der Waals surface area contributed by atoms with Crippen LogP contribution in [0.2, 0.25) is 0 Å². The van der Waals surface area contributed by atoms with Crippen molar-refractivity contribution in [2.24, 2.45) is 7.05 Å². The summed E-state index contributed by atoms with van der Waals surface area (Å²) in [4.78, 5) is 31.3. The topological polar surface area (TPSA) is 84.7 Å². The highest BCUT2D eigenvalue weighted by Gasteiger charge is 2.22. The standard InChI is InChI=1S/C25H25N5O4/c1-16-15-29-21-22(26-24(29)30(16)19-11-10-18(33-3)14-20(19)34-4)27(2)25(32)28(23(21)31)13-12-17-8-6-5-7-9-17/h5-11,14-15H,12-13H2,1-4H3. The first-order valence-electron chi connectivity index (χ1n) is 10.9. The number of hydrogen-bond donors (Lipinski definition) is 0. The van der Waals surface area contributed by atoms with E-state index < -0.39 is 0 Å². The summed E-state index contributed by atoms with van der Waals surface area (Å²) >= 11 is 0. The van der Waals surface area contributed by atoms with Crippen LogP contribution in [-0.4, -0.2) is 37.3 Å². The lowest BCUT2D eigenvalue weighted by molar-refractivity contribution is 0.393. The normalized spacial score (nSPS) is 11.4. The smallest absolute Gasteiger partial charge is 0.332 e. The van der Waals surface area contributed by atoms with Gasteiger partial charge in [0.15, 0.2) is 11.2 Å². The summed E-state index contributed by atoms with van der Waals surface area (Å²) in [6, 6.07) is 15.3. The number of rotatable bonds is 6. The van der Waals surface area contributed by atoms with Gasteiger partial charge in [-0.2, -0.15) is 4.98 Å². The fraction of sp³-hybridized carbons (Fsp3) is 0.240. The molecule has 5 rings (SSSR count). The van der Waals surface area contributed by atoms with Crippen molar-refractivity contribution in [3.8, 4) is 17.2 Å². The molecule has 0 unspecified atom stereocenters. The Bertz CT molecular complexity index is 1640. The Morgan fingerprint density at radius 1 is 1.00 bits per heavy atom. The minimum absolute atomic E-state index is 0.282. The summed E-state index contributed by atoms with van der Waals surface area (Å²) in [5.74, 6) is 1.78. The molecular formula is C25H25N5O4. The van der Waals surface area contributed by atoms with Gasteiger partial charge in [0.1, 0.15) is 11.5 Å². The van der Waals surface area contributed by atoms with Crippen LogP contribution >= 0.6 is 0 Å². The average Bonchev–Trinajstić information content (AvgIpc) is 3.37. The van der Waals surface area contributed by atoms with E-state index in [0.717, 1.165) is 16.9 Å². The molecule has 0 atom stereocenters.